The van der Waals surface area contributed by atoms with Crippen LogP contribution in [0.2, 0.25) is 0 Å². The van der Waals surface area contributed by atoms with E-state index in [1.54, 1.807) is 13.2 Å². The Labute approximate surface area is 159 Å². The molecule has 0 saturated heterocycles. The second kappa shape index (κ2) is 7.31. The molecule has 1 aromatic heterocycles. The molecule has 4 heteroatoms. The highest BCUT2D eigenvalue weighted by Crippen LogP contribution is 2.34. The molecule has 4 nitrogen and oxygen atoms in total. The molecule has 1 N–H and O–H groups in total. The Morgan fingerprint density at radius 2 is 1.85 bits per heavy atom. The second-order valence-electron chi connectivity index (χ2n) is 6.90. The van der Waals surface area contributed by atoms with Crippen LogP contribution < -0.4 is 10.1 Å². The maximum atomic E-state index is 12.5. The Hall–Kier alpha value is -3.01. The lowest BCUT2D eigenvalue weighted by Gasteiger charge is -2.11. The first-order chi connectivity index (χ1) is 12.8. The zero-order valence-electron chi connectivity index (χ0n) is 16.7. The monoisotopic (exact) mass is 363 g/mol. The first-order valence-electron chi connectivity index (χ1n) is 8.95. The van der Waals surface area contributed by atoms with Crippen LogP contribution in [0.4, 0.5) is 5.69 Å². The van der Waals surface area contributed by atoms with E-state index in [2.05, 4.69) is 5.32 Å². The maximum Gasteiger partial charge on any atom is 0.248 e. The standard InChI is InChI=1S/C23H25NO3/c1-13-8-7-9-20(15(13)3)24-23(25)10-14(2)18-11-19-16(4)17(5)27-22(19)12-21(18)26-6/h7-12H,1-6H3,(H,24,25)/b14-10+. The number of carbonyl (C=O) groups excluding carboxylic acids is 1. The summed E-state index contributed by atoms with van der Waals surface area (Å²) in [5, 5.41) is 4.00. The van der Waals surface area contributed by atoms with Crippen LogP contribution in [-0.2, 0) is 4.79 Å². The van der Waals surface area contributed by atoms with Crippen molar-refractivity contribution in [3.8, 4) is 5.75 Å². The minimum absolute atomic E-state index is 0.163. The van der Waals surface area contributed by atoms with Gasteiger partial charge in [-0.1, -0.05) is 12.1 Å². The Bertz CT molecular complexity index is 1060. The SMILES string of the molecule is COc1cc2oc(C)c(C)c2cc1/C(C)=C/C(=O)Nc1cccc(C)c1C. The van der Waals surface area contributed by atoms with Gasteiger partial charge < -0.3 is 14.5 Å². The Balaban J connectivity index is 1.96. The summed E-state index contributed by atoms with van der Waals surface area (Å²) in [5.74, 6) is 1.41. The van der Waals surface area contributed by atoms with Crippen molar-refractivity contribution < 1.29 is 13.9 Å². The number of amides is 1. The molecule has 0 aliphatic rings. The summed E-state index contributed by atoms with van der Waals surface area (Å²) in [4.78, 5) is 12.5. The van der Waals surface area contributed by atoms with E-state index >= 15 is 0 Å². The normalized spacial score (nSPS) is 11.7. The highest BCUT2D eigenvalue weighted by Gasteiger charge is 2.14. The average Bonchev–Trinajstić information content (AvgIpc) is 2.91. The molecule has 0 aliphatic heterocycles. The van der Waals surface area contributed by atoms with Crippen molar-refractivity contribution in [2.75, 3.05) is 12.4 Å². The summed E-state index contributed by atoms with van der Waals surface area (Å²) < 4.78 is 11.3. The number of nitrogens with one attached hydrogen (secondary N) is 1. The van der Waals surface area contributed by atoms with Gasteiger partial charge in [-0.05, 0) is 69.0 Å². The van der Waals surface area contributed by atoms with Gasteiger partial charge in [-0.3, -0.25) is 4.79 Å². The second-order valence-corrected chi connectivity index (χ2v) is 6.90. The van der Waals surface area contributed by atoms with Crippen molar-refractivity contribution in [3.63, 3.8) is 0 Å². The number of hydrogen-bond donors (Lipinski definition) is 1. The number of furan rings is 1. The molecule has 0 radical (unpaired) electrons. The van der Waals surface area contributed by atoms with Crippen molar-refractivity contribution >= 4 is 28.1 Å². The number of fused-ring (bicyclic) bond motifs is 1. The molecule has 0 bridgehead atoms. The fraction of sp³-hybridized carbons (Fsp3) is 0.261. The number of allylic oxidation sites excluding steroid dienone is 1. The van der Waals surface area contributed by atoms with Crippen LogP contribution in [0.5, 0.6) is 5.75 Å². The molecule has 0 saturated carbocycles. The highest BCUT2D eigenvalue weighted by atomic mass is 16.5. The molecule has 0 unspecified atom stereocenters. The molecule has 0 aliphatic carbocycles. The molecule has 1 amide bonds. The van der Waals surface area contributed by atoms with E-state index in [-0.39, 0.29) is 5.91 Å². The van der Waals surface area contributed by atoms with Gasteiger partial charge in [0.25, 0.3) is 0 Å². The van der Waals surface area contributed by atoms with Crippen LogP contribution in [0.1, 0.15) is 34.9 Å². The van der Waals surface area contributed by atoms with Gasteiger partial charge in [-0.2, -0.15) is 0 Å². The van der Waals surface area contributed by atoms with Gasteiger partial charge in [0.05, 0.1) is 7.11 Å². The average molecular weight is 363 g/mol. The molecule has 1 heterocycles. The largest absolute Gasteiger partial charge is 0.496 e. The van der Waals surface area contributed by atoms with Crippen molar-refractivity contribution in [3.05, 3.63) is 64.4 Å². The number of rotatable bonds is 4. The Morgan fingerprint density at radius 3 is 2.56 bits per heavy atom. The first-order valence-corrected chi connectivity index (χ1v) is 8.95. The van der Waals surface area contributed by atoms with Crippen molar-refractivity contribution in [2.24, 2.45) is 0 Å². The van der Waals surface area contributed by atoms with E-state index in [1.807, 2.05) is 65.0 Å². The number of hydrogen-bond acceptors (Lipinski definition) is 3. The third-order valence-electron chi connectivity index (χ3n) is 5.13. The lowest BCUT2D eigenvalue weighted by atomic mass is 10.0. The van der Waals surface area contributed by atoms with E-state index < -0.39 is 0 Å². The van der Waals surface area contributed by atoms with Gasteiger partial charge in [0.2, 0.25) is 5.91 Å². The summed E-state index contributed by atoms with van der Waals surface area (Å²) in [6, 6.07) is 9.78. The predicted octanol–water partition coefficient (Wildman–Crippen LogP) is 5.72. The summed E-state index contributed by atoms with van der Waals surface area (Å²) in [6.07, 6.45) is 1.60. The summed E-state index contributed by atoms with van der Waals surface area (Å²) in [7, 11) is 1.62. The summed E-state index contributed by atoms with van der Waals surface area (Å²) in [5.41, 5.74) is 6.64. The van der Waals surface area contributed by atoms with Crippen LogP contribution in [0.3, 0.4) is 0 Å². The molecule has 140 valence electrons. The number of ether oxygens (including phenoxy) is 1. The van der Waals surface area contributed by atoms with Gasteiger partial charge in [0, 0.05) is 28.8 Å². The Kier molecular flexibility index (Phi) is 5.08. The number of aryl methyl sites for hydroxylation is 3. The number of methoxy groups -OCH3 is 1. The van der Waals surface area contributed by atoms with Crippen LogP contribution in [-0.4, -0.2) is 13.0 Å². The summed E-state index contributed by atoms with van der Waals surface area (Å²) >= 11 is 0. The van der Waals surface area contributed by atoms with E-state index in [4.69, 9.17) is 9.15 Å². The zero-order chi connectivity index (χ0) is 19.7. The van der Waals surface area contributed by atoms with Crippen LogP contribution in [0.25, 0.3) is 16.5 Å². The maximum absolute atomic E-state index is 12.5. The van der Waals surface area contributed by atoms with Crippen molar-refractivity contribution in [1.29, 1.82) is 0 Å². The number of anilines is 1. The molecule has 0 fully saturated rings. The van der Waals surface area contributed by atoms with Gasteiger partial charge in [-0.25, -0.2) is 0 Å². The lowest BCUT2D eigenvalue weighted by molar-refractivity contribution is -0.111. The molecule has 3 aromatic rings. The Morgan fingerprint density at radius 1 is 1.11 bits per heavy atom. The highest BCUT2D eigenvalue weighted by molar-refractivity contribution is 6.05. The lowest BCUT2D eigenvalue weighted by Crippen LogP contribution is -2.10. The van der Waals surface area contributed by atoms with Crippen LogP contribution in [0.15, 0.2) is 40.8 Å². The topological polar surface area (TPSA) is 51.5 Å². The quantitative estimate of drug-likeness (QED) is 0.603. The molecule has 3 rings (SSSR count). The summed E-state index contributed by atoms with van der Waals surface area (Å²) in [6.45, 7) is 9.92. The van der Waals surface area contributed by atoms with Gasteiger partial charge in [0.1, 0.15) is 17.1 Å². The smallest absolute Gasteiger partial charge is 0.248 e. The van der Waals surface area contributed by atoms with Gasteiger partial charge >= 0.3 is 0 Å². The van der Waals surface area contributed by atoms with Crippen LogP contribution >= 0.6 is 0 Å². The van der Waals surface area contributed by atoms with Crippen molar-refractivity contribution in [2.45, 2.75) is 34.6 Å². The molecule has 0 atom stereocenters. The molecular formula is C23H25NO3. The predicted molar refractivity (Wildman–Crippen MR) is 110 cm³/mol. The molecule has 2 aromatic carbocycles. The first kappa shape index (κ1) is 18.8. The fourth-order valence-electron chi connectivity index (χ4n) is 3.18. The third kappa shape index (κ3) is 3.61. The van der Waals surface area contributed by atoms with Gasteiger partial charge in [0.15, 0.2) is 0 Å². The molecular weight excluding hydrogens is 338 g/mol. The fourth-order valence-corrected chi connectivity index (χ4v) is 3.18. The third-order valence-corrected chi connectivity index (χ3v) is 5.13. The number of benzene rings is 2. The minimum atomic E-state index is -0.163. The molecule has 27 heavy (non-hydrogen) atoms. The van der Waals surface area contributed by atoms with E-state index in [9.17, 15) is 4.79 Å². The van der Waals surface area contributed by atoms with Crippen molar-refractivity contribution in [1.82, 2.24) is 0 Å². The van der Waals surface area contributed by atoms with Crippen LogP contribution in [0, 0.1) is 27.7 Å². The van der Waals surface area contributed by atoms with Gasteiger partial charge in [-0.15, -0.1) is 0 Å². The van der Waals surface area contributed by atoms with E-state index in [1.165, 1.54) is 0 Å². The van der Waals surface area contributed by atoms with E-state index in [0.717, 1.165) is 50.2 Å². The minimum Gasteiger partial charge on any atom is -0.496 e. The zero-order valence-corrected chi connectivity index (χ0v) is 16.7. The van der Waals surface area contributed by atoms with E-state index in [0.29, 0.717) is 5.75 Å². The molecule has 0 spiro atoms. The number of carbonyl (C=O) groups is 1.